The number of amides is 1. The van der Waals surface area contributed by atoms with Crippen molar-refractivity contribution >= 4 is 17.8 Å². The molecule has 0 aromatic carbocycles. The molecule has 1 amide bonds. The van der Waals surface area contributed by atoms with E-state index in [4.69, 9.17) is 4.74 Å². The number of ether oxygens (including phenoxy) is 2. The predicted octanol–water partition coefficient (Wildman–Crippen LogP) is 0.00740. The van der Waals surface area contributed by atoms with Crippen molar-refractivity contribution in [2.75, 3.05) is 13.2 Å². The smallest absolute Gasteiger partial charge is 0.396 e. The molecule has 0 rings (SSSR count). The first-order chi connectivity index (χ1) is 7.26. The number of esters is 2. The first kappa shape index (κ1) is 14.4. The van der Waals surface area contributed by atoms with Crippen molar-refractivity contribution in [2.45, 2.75) is 33.3 Å². The van der Waals surface area contributed by atoms with E-state index < -0.39 is 23.4 Å². The van der Waals surface area contributed by atoms with E-state index in [0.717, 1.165) is 0 Å². The molecular formula is C10H17NO5. The fourth-order valence-corrected chi connectivity index (χ4v) is 0.799. The maximum absolute atomic E-state index is 11.2. The Morgan fingerprint density at radius 1 is 1.19 bits per heavy atom. The Morgan fingerprint density at radius 2 is 1.75 bits per heavy atom. The molecule has 0 unspecified atom stereocenters. The zero-order valence-electron chi connectivity index (χ0n) is 9.96. The minimum absolute atomic E-state index is 0.110. The van der Waals surface area contributed by atoms with Gasteiger partial charge in [0.25, 0.3) is 0 Å². The normalized spacial score (nSPS) is 10.5. The fraction of sp³-hybridized carbons (Fsp3) is 0.700. The van der Waals surface area contributed by atoms with Crippen LogP contribution in [0.2, 0.25) is 0 Å². The average molecular weight is 231 g/mol. The molecule has 0 radical (unpaired) electrons. The molecule has 0 fully saturated rings. The van der Waals surface area contributed by atoms with Crippen LogP contribution >= 0.6 is 0 Å². The summed E-state index contributed by atoms with van der Waals surface area (Å²) in [5, 5.41) is 2.10. The van der Waals surface area contributed by atoms with Crippen molar-refractivity contribution in [1.82, 2.24) is 5.32 Å². The Kier molecular flexibility index (Phi) is 5.49. The SMILES string of the molecule is CCOC(=O)C(=O)NCC(=O)OC(C)(C)C. The standard InChI is InChI=1S/C10H17NO5/c1-5-15-9(14)8(13)11-6-7(12)16-10(2,3)4/h5-6H2,1-4H3,(H,11,13). The molecule has 0 heterocycles. The highest BCUT2D eigenvalue weighted by Crippen LogP contribution is 2.05. The molecule has 0 spiro atoms. The van der Waals surface area contributed by atoms with E-state index in [1.165, 1.54) is 0 Å². The van der Waals surface area contributed by atoms with Crippen LogP contribution in [0.5, 0.6) is 0 Å². The largest absolute Gasteiger partial charge is 0.459 e. The summed E-state index contributed by atoms with van der Waals surface area (Å²) < 4.78 is 9.36. The van der Waals surface area contributed by atoms with Crippen molar-refractivity contribution in [3.8, 4) is 0 Å². The molecule has 0 bridgehead atoms. The summed E-state index contributed by atoms with van der Waals surface area (Å²) in [4.78, 5) is 33.0. The number of rotatable bonds is 3. The molecule has 0 aliphatic rings. The summed E-state index contributed by atoms with van der Waals surface area (Å²) in [6.07, 6.45) is 0. The van der Waals surface area contributed by atoms with Crippen LogP contribution in [0.15, 0.2) is 0 Å². The summed E-state index contributed by atoms with van der Waals surface area (Å²) in [5.41, 5.74) is -0.619. The second-order valence-electron chi connectivity index (χ2n) is 3.99. The van der Waals surface area contributed by atoms with E-state index in [0.29, 0.717) is 0 Å². The van der Waals surface area contributed by atoms with Crippen LogP contribution in [-0.4, -0.2) is 36.6 Å². The highest BCUT2D eigenvalue weighted by Gasteiger charge is 2.19. The lowest BCUT2D eigenvalue weighted by molar-refractivity contribution is -0.157. The van der Waals surface area contributed by atoms with E-state index in [1.54, 1.807) is 27.7 Å². The minimum Gasteiger partial charge on any atom is -0.459 e. The Balaban J connectivity index is 3.93. The Morgan fingerprint density at radius 3 is 2.19 bits per heavy atom. The fourth-order valence-electron chi connectivity index (χ4n) is 0.799. The molecule has 1 N–H and O–H groups in total. The maximum atomic E-state index is 11.2. The molecule has 6 heteroatoms. The van der Waals surface area contributed by atoms with E-state index in [2.05, 4.69) is 10.1 Å². The molecule has 0 aliphatic heterocycles. The van der Waals surface area contributed by atoms with Gasteiger partial charge in [-0.05, 0) is 27.7 Å². The molecule has 0 aliphatic carbocycles. The van der Waals surface area contributed by atoms with Gasteiger partial charge in [0.1, 0.15) is 12.1 Å². The summed E-state index contributed by atoms with van der Waals surface area (Å²) in [6.45, 7) is 6.46. The van der Waals surface area contributed by atoms with Crippen LogP contribution in [0.3, 0.4) is 0 Å². The summed E-state index contributed by atoms with van der Waals surface area (Å²) >= 11 is 0. The second kappa shape index (κ2) is 6.09. The van der Waals surface area contributed by atoms with Gasteiger partial charge in [0, 0.05) is 0 Å². The Labute approximate surface area is 94.3 Å². The Bertz CT molecular complexity index is 279. The molecule has 0 atom stereocenters. The third-order valence-corrected chi connectivity index (χ3v) is 1.27. The van der Waals surface area contributed by atoms with E-state index in [1.807, 2.05) is 0 Å². The van der Waals surface area contributed by atoms with Gasteiger partial charge in [0.2, 0.25) is 0 Å². The lowest BCUT2D eigenvalue weighted by Gasteiger charge is -2.19. The van der Waals surface area contributed by atoms with Crippen LogP contribution in [0.25, 0.3) is 0 Å². The molecule has 0 saturated heterocycles. The van der Waals surface area contributed by atoms with E-state index in [9.17, 15) is 14.4 Å². The van der Waals surface area contributed by atoms with E-state index >= 15 is 0 Å². The van der Waals surface area contributed by atoms with Gasteiger partial charge in [-0.2, -0.15) is 0 Å². The Hall–Kier alpha value is -1.59. The van der Waals surface area contributed by atoms with Gasteiger partial charge in [-0.15, -0.1) is 0 Å². The number of hydrogen-bond donors (Lipinski definition) is 1. The van der Waals surface area contributed by atoms with Crippen LogP contribution in [-0.2, 0) is 23.9 Å². The second-order valence-corrected chi connectivity index (χ2v) is 3.99. The quantitative estimate of drug-likeness (QED) is 0.546. The van der Waals surface area contributed by atoms with Gasteiger partial charge in [0.15, 0.2) is 0 Å². The minimum atomic E-state index is -1.01. The number of carbonyl (C=O) groups is 3. The highest BCUT2D eigenvalue weighted by atomic mass is 16.6. The lowest BCUT2D eigenvalue weighted by Crippen LogP contribution is -2.38. The molecule has 0 aromatic rings. The molecule has 92 valence electrons. The van der Waals surface area contributed by atoms with Gasteiger partial charge in [-0.3, -0.25) is 9.59 Å². The van der Waals surface area contributed by atoms with Crippen LogP contribution < -0.4 is 5.32 Å². The monoisotopic (exact) mass is 231 g/mol. The van der Waals surface area contributed by atoms with Crippen molar-refractivity contribution in [1.29, 1.82) is 0 Å². The van der Waals surface area contributed by atoms with Crippen LogP contribution in [0, 0.1) is 0 Å². The third-order valence-electron chi connectivity index (χ3n) is 1.27. The van der Waals surface area contributed by atoms with Crippen LogP contribution in [0.1, 0.15) is 27.7 Å². The topological polar surface area (TPSA) is 81.7 Å². The summed E-state index contributed by atoms with van der Waals surface area (Å²) in [6, 6.07) is 0. The lowest BCUT2D eigenvalue weighted by atomic mass is 10.2. The van der Waals surface area contributed by atoms with Crippen molar-refractivity contribution in [2.24, 2.45) is 0 Å². The summed E-state index contributed by atoms with van der Waals surface area (Å²) in [5.74, 6) is -2.57. The van der Waals surface area contributed by atoms with Gasteiger partial charge in [-0.1, -0.05) is 0 Å². The van der Waals surface area contributed by atoms with Gasteiger partial charge >= 0.3 is 17.8 Å². The van der Waals surface area contributed by atoms with Crippen molar-refractivity contribution < 1.29 is 23.9 Å². The number of nitrogens with one attached hydrogen (secondary N) is 1. The van der Waals surface area contributed by atoms with Crippen LogP contribution in [0.4, 0.5) is 0 Å². The van der Waals surface area contributed by atoms with Crippen molar-refractivity contribution in [3.05, 3.63) is 0 Å². The number of hydrogen-bond acceptors (Lipinski definition) is 5. The predicted molar refractivity (Wildman–Crippen MR) is 55.5 cm³/mol. The highest BCUT2D eigenvalue weighted by molar-refractivity contribution is 6.32. The van der Waals surface area contributed by atoms with Crippen molar-refractivity contribution in [3.63, 3.8) is 0 Å². The van der Waals surface area contributed by atoms with Gasteiger partial charge in [0.05, 0.1) is 6.61 Å². The first-order valence-electron chi connectivity index (χ1n) is 4.93. The van der Waals surface area contributed by atoms with E-state index in [-0.39, 0.29) is 13.2 Å². The average Bonchev–Trinajstić information content (AvgIpc) is 2.11. The summed E-state index contributed by atoms with van der Waals surface area (Å²) in [7, 11) is 0. The maximum Gasteiger partial charge on any atom is 0.396 e. The zero-order chi connectivity index (χ0) is 12.8. The van der Waals surface area contributed by atoms with Gasteiger partial charge < -0.3 is 14.8 Å². The number of carbonyl (C=O) groups excluding carboxylic acids is 3. The molecular weight excluding hydrogens is 214 g/mol. The van der Waals surface area contributed by atoms with Gasteiger partial charge in [-0.25, -0.2) is 4.79 Å². The first-order valence-corrected chi connectivity index (χ1v) is 4.93. The molecule has 0 saturated carbocycles. The molecule has 0 aromatic heterocycles. The zero-order valence-corrected chi connectivity index (χ0v) is 9.96. The third kappa shape index (κ3) is 6.80. The molecule has 16 heavy (non-hydrogen) atoms. The molecule has 6 nitrogen and oxygen atoms in total.